The highest BCUT2D eigenvalue weighted by molar-refractivity contribution is 5.71. The van der Waals surface area contributed by atoms with Gasteiger partial charge in [0.15, 0.2) is 6.10 Å². The molecule has 2 unspecified atom stereocenters. The van der Waals surface area contributed by atoms with Gasteiger partial charge in [-0.25, -0.2) is 4.79 Å². The largest absolute Gasteiger partial charge is 0.477 e. The van der Waals surface area contributed by atoms with Crippen LogP contribution >= 0.6 is 0 Å². The van der Waals surface area contributed by atoms with Crippen LogP contribution in [0.5, 0.6) is 0 Å². The highest BCUT2D eigenvalue weighted by Gasteiger charge is 2.25. The Hall–Kier alpha value is -3.53. The second-order valence-corrected chi connectivity index (χ2v) is 27.3. The van der Waals surface area contributed by atoms with Crippen LogP contribution in [0.4, 0.5) is 0 Å². The van der Waals surface area contributed by atoms with E-state index in [2.05, 4.69) is 98.9 Å². The first-order valence-corrected chi connectivity index (χ1v) is 38.8. The van der Waals surface area contributed by atoms with Crippen molar-refractivity contribution in [1.82, 2.24) is 0 Å². The van der Waals surface area contributed by atoms with Crippen LogP contribution in [0.15, 0.2) is 85.1 Å². The molecule has 0 bridgehead atoms. The van der Waals surface area contributed by atoms with Gasteiger partial charge in [-0.2, -0.15) is 0 Å². The summed E-state index contributed by atoms with van der Waals surface area (Å²) in [6, 6.07) is 0. The molecule has 0 aromatic carbocycles. The van der Waals surface area contributed by atoms with Gasteiger partial charge in [-0.3, -0.25) is 9.59 Å². The van der Waals surface area contributed by atoms with E-state index in [9.17, 15) is 19.5 Å². The predicted octanol–water partition coefficient (Wildman–Crippen LogP) is 24.6. The number of carbonyl (C=O) groups excluding carboxylic acids is 2. The Morgan fingerprint density at radius 2 is 0.626 bits per heavy atom. The summed E-state index contributed by atoms with van der Waals surface area (Å²) in [5, 5.41) is 9.77. The summed E-state index contributed by atoms with van der Waals surface area (Å²) in [7, 11) is 5.99. The fraction of sp³-hybridized carbons (Fsp3) is 0.793. The van der Waals surface area contributed by atoms with Crippen LogP contribution in [0.2, 0.25) is 0 Å². The molecule has 528 valence electrons. The van der Waals surface area contributed by atoms with Crippen molar-refractivity contribution in [2.45, 2.75) is 373 Å². The maximum Gasteiger partial charge on any atom is 0.361 e. The van der Waals surface area contributed by atoms with Crippen molar-refractivity contribution in [3.63, 3.8) is 0 Å². The van der Waals surface area contributed by atoms with Crippen molar-refractivity contribution >= 4 is 17.9 Å². The van der Waals surface area contributed by atoms with Gasteiger partial charge in [-0.1, -0.05) is 362 Å². The van der Waals surface area contributed by atoms with Crippen LogP contribution in [0.25, 0.3) is 0 Å². The first-order valence-electron chi connectivity index (χ1n) is 38.8. The van der Waals surface area contributed by atoms with Gasteiger partial charge in [-0.15, -0.1) is 0 Å². The molecule has 0 spiro atoms. The van der Waals surface area contributed by atoms with E-state index >= 15 is 0 Å². The molecule has 2 atom stereocenters. The third-order valence-corrected chi connectivity index (χ3v) is 17.2. The van der Waals surface area contributed by atoms with Gasteiger partial charge in [-0.05, 0) is 70.6 Å². The maximum absolute atomic E-state index is 13.0. The van der Waals surface area contributed by atoms with Gasteiger partial charge in [0, 0.05) is 12.8 Å². The lowest BCUT2D eigenvalue weighted by molar-refractivity contribution is -0.870. The molecule has 0 aliphatic heterocycles. The van der Waals surface area contributed by atoms with E-state index < -0.39 is 24.3 Å². The fourth-order valence-electron chi connectivity index (χ4n) is 11.3. The monoisotopic (exact) mass is 1280 g/mol. The molecule has 0 rings (SSSR count). The molecule has 0 aromatic rings. The summed E-state index contributed by atoms with van der Waals surface area (Å²) >= 11 is 0. The number of carbonyl (C=O) groups is 3. The number of allylic oxidation sites excluding steroid dienone is 14. The number of ether oxygens (including phenoxy) is 4. The standard InChI is InChI=1S/C82H147NO8/c1-6-8-10-12-14-16-18-20-22-24-26-28-30-32-34-36-38-39-40-41-43-45-47-49-51-53-55-57-59-61-63-65-67-69-71-73-80(85)91-78(77-90-82(81(86)87)88-75-74-83(3,4)5)76-89-79(84)72-70-68-66-64-62-60-58-56-54-52-50-48-46-44-42-37-35-33-31-29-27-25-23-21-19-17-15-13-11-9-7-2/h8,10,14,16,20,22,26,28,32,34,38-39,41,43,78,82H,6-7,9,11-13,15,17-19,21,23-25,27,29-31,33,35-37,40,42,44-77H2,1-5H3/p+1/b10-8-,16-14-,22-20-,28-26-,34-32-,39-38-,43-41-. The summed E-state index contributed by atoms with van der Waals surface area (Å²) in [6.07, 6.45) is 95.8. The molecule has 91 heavy (non-hydrogen) atoms. The number of hydrogen-bond acceptors (Lipinski definition) is 7. The smallest absolute Gasteiger partial charge is 0.361 e. The van der Waals surface area contributed by atoms with Crippen LogP contribution < -0.4 is 0 Å². The average Bonchev–Trinajstić information content (AvgIpc) is 3.46. The summed E-state index contributed by atoms with van der Waals surface area (Å²) in [5.74, 6) is -1.99. The van der Waals surface area contributed by atoms with E-state index in [-0.39, 0.29) is 32.2 Å². The van der Waals surface area contributed by atoms with Gasteiger partial charge >= 0.3 is 17.9 Å². The van der Waals surface area contributed by atoms with E-state index in [1.165, 1.54) is 250 Å². The molecule has 0 amide bonds. The van der Waals surface area contributed by atoms with Crippen LogP contribution in [-0.4, -0.2) is 87.4 Å². The minimum Gasteiger partial charge on any atom is -0.477 e. The van der Waals surface area contributed by atoms with E-state index in [1.54, 1.807) is 0 Å². The number of esters is 2. The second kappa shape index (κ2) is 72.3. The Balaban J connectivity index is 4.05. The number of carboxylic acid groups (broad SMARTS) is 1. The van der Waals surface area contributed by atoms with E-state index in [0.717, 1.165) is 83.5 Å². The van der Waals surface area contributed by atoms with Crippen molar-refractivity contribution in [2.75, 3.05) is 47.5 Å². The lowest BCUT2D eigenvalue weighted by atomic mass is 10.0. The Bertz CT molecular complexity index is 1770. The molecular weight excluding hydrogens is 1130 g/mol. The van der Waals surface area contributed by atoms with Gasteiger partial charge in [0.05, 0.1) is 34.4 Å². The lowest BCUT2D eigenvalue weighted by Crippen LogP contribution is -2.40. The molecule has 0 aliphatic carbocycles. The van der Waals surface area contributed by atoms with Crippen LogP contribution in [0.1, 0.15) is 361 Å². The van der Waals surface area contributed by atoms with Gasteiger partial charge in [0.2, 0.25) is 0 Å². The summed E-state index contributed by atoms with van der Waals surface area (Å²) in [5.41, 5.74) is 0. The molecule has 9 nitrogen and oxygen atoms in total. The number of carboxylic acids is 1. The van der Waals surface area contributed by atoms with Gasteiger partial charge in [0.1, 0.15) is 13.2 Å². The van der Waals surface area contributed by atoms with Crippen molar-refractivity contribution in [3.8, 4) is 0 Å². The van der Waals surface area contributed by atoms with E-state index in [1.807, 2.05) is 21.1 Å². The summed E-state index contributed by atoms with van der Waals surface area (Å²) in [4.78, 5) is 37.7. The molecule has 0 heterocycles. The second-order valence-electron chi connectivity index (χ2n) is 27.3. The average molecular weight is 1280 g/mol. The third-order valence-electron chi connectivity index (χ3n) is 17.2. The topological polar surface area (TPSA) is 108 Å². The zero-order valence-electron chi connectivity index (χ0n) is 60.5. The molecule has 0 saturated heterocycles. The normalized spacial score (nSPS) is 13.1. The van der Waals surface area contributed by atoms with Crippen LogP contribution in [0.3, 0.4) is 0 Å². The fourth-order valence-corrected chi connectivity index (χ4v) is 11.3. The Morgan fingerprint density at radius 1 is 0.341 bits per heavy atom. The lowest BCUT2D eigenvalue weighted by Gasteiger charge is -2.25. The number of hydrogen-bond donors (Lipinski definition) is 1. The minimum absolute atomic E-state index is 0.181. The molecule has 0 fully saturated rings. The third kappa shape index (κ3) is 73.7. The highest BCUT2D eigenvalue weighted by atomic mass is 16.7. The summed E-state index contributed by atoms with van der Waals surface area (Å²) in [6.45, 7) is 4.82. The SMILES string of the molecule is CC/C=C\C/C=C\C/C=C\C/C=C\C/C=C\C/C=C\C/C=C\CCCCCCCCCCCCCCCC(=O)OC(COC(=O)CCCCCCCCCCCCCCCCCCCCCCCCCCCCCCCCC)COC(OCC[N+](C)(C)C)C(=O)O. The molecule has 1 N–H and O–H groups in total. The van der Waals surface area contributed by atoms with E-state index in [4.69, 9.17) is 18.9 Å². The number of aliphatic carboxylic acids is 1. The quantitative estimate of drug-likeness (QED) is 0.0211. The first-order chi connectivity index (χ1) is 44.6. The zero-order valence-corrected chi connectivity index (χ0v) is 60.5. The number of unbranched alkanes of at least 4 members (excludes halogenated alkanes) is 43. The first kappa shape index (κ1) is 87.5. The Labute approximate surface area is 563 Å². The number of rotatable bonds is 72. The number of likely N-dealkylation sites (N-methyl/N-ethyl adjacent to an activating group) is 1. The molecule has 9 heteroatoms. The molecule has 0 aromatic heterocycles. The minimum atomic E-state index is -1.51. The van der Waals surface area contributed by atoms with E-state index in [0.29, 0.717) is 17.4 Å². The predicted molar refractivity (Wildman–Crippen MR) is 392 cm³/mol. The van der Waals surface area contributed by atoms with Gasteiger partial charge < -0.3 is 28.5 Å². The van der Waals surface area contributed by atoms with Crippen molar-refractivity contribution < 1.29 is 42.9 Å². The molecule has 0 aliphatic rings. The van der Waals surface area contributed by atoms with Crippen molar-refractivity contribution in [3.05, 3.63) is 85.1 Å². The van der Waals surface area contributed by atoms with Gasteiger partial charge in [0.25, 0.3) is 6.29 Å². The summed E-state index contributed by atoms with van der Waals surface area (Å²) < 4.78 is 23.0. The molecular formula is C82H148NO8+. The molecule has 0 saturated carbocycles. The van der Waals surface area contributed by atoms with Crippen LogP contribution in [0, 0.1) is 0 Å². The highest BCUT2D eigenvalue weighted by Crippen LogP contribution is 2.19. The Morgan fingerprint density at radius 3 is 0.934 bits per heavy atom. The number of quaternary nitrogens is 1. The molecule has 0 radical (unpaired) electrons. The van der Waals surface area contributed by atoms with Crippen molar-refractivity contribution in [1.29, 1.82) is 0 Å². The van der Waals surface area contributed by atoms with Crippen LogP contribution in [-0.2, 0) is 33.3 Å². The maximum atomic E-state index is 13.0. The zero-order chi connectivity index (χ0) is 66.1. The number of nitrogens with zero attached hydrogens (tertiary/aromatic N) is 1. The Kier molecular flexibility index (Phi) is 69.5. The van der Waals surface area contributed by atoms with Crippen molar-refractivity contribution in [2.24, 2.45) is 0 Å².